The van der Waals surface area contributed by atoms with Crippen LogP contribution in [0.3, 0.4) is 0 Å². The van der Waals surface area contributed by atoms with Crippen LogP contribution in [-0.4, -0.2) is 11.1 Å². The molecule has 1 aliphatic rings. The van der Waals surface area contributed by atoms with E-state index in [0.717, 1.165) is 5.92 Å². The molecule has 2 atom stereocenters. The zero-order valence-corrected chi connectivity index (χ0v) is 11.8. The van der Waals surface area contributed by atoms with E-state index in [1.54, 1.807) is 0 Å². The Hall–Kier alpha value is -0.140. The van der Waals surface area contributed by atoms with Crippen LogP contribution in [0.25, 0.3) is 0 Å². The molecule has 0 aliphatic heterocycles. The molecule has 0 saturated heterocycles. The van der Waals surface area contributed by atoms with Gasteiger partial charge in [-0.25, -0.2) is 0 Å². The van der Waals surface area contributed by atoms with Crippen LogP contribution in [0.1, 0.15) is 38.5 Å². The van der Waals surface area contributed by atoms with Gasteiger partial charge in [-0.2, -0.15) is 0 Å². The van der Waals surface area contributed by atoms with Crippen molar-refractivity contribution in [1.82, 2.24) is 0 Å². The molecule has 94 valence electrons. The molecule has 2 unspecified atom stereocenters. The number of rotatable bonds is 4. The first-order chi connectivity index (χ1) is 8.34. The molecule has 1 fully saturated rings. The number of halogens is 1. The molecule has 1 aromatic rings. The zero-order chi connectivity index (χ0) is 11.9. The van der Waals surface area contributed by atoms with Crippen LogP contribution in [0.4, 0.5) is 0 Å². The Morgan fingerprint density at radius 2 is 1.88 bits per heavy atom. The maximum atomic E-state index is 6.30. The molecular formula is C15H21ClS. The van der Waals surface area contributed by atoms with Gasteiger partial charge in [0.2, 0.25) is 0 Å². The second-order valence-corrected chi connectivity index (χ2v) is 6.72. The predicted molar refractivity (Wildman–Crippen MR) is 78.0 cm³/mol. The van der Waals surface area contributed by atoms with Crippen LogP contribution in [0.15, 0.2) is 35.2 Å². The van der Waals surface area contributed by atoms with E-state index in [1.807, 2.05) is 11.8 Å². The molecule has 1 saturated carbocycles. The normalized spacial score (nSPS) is 25.5. The summed E-state index contributed by atoms with van der Waals surface area (Å²) in [5, 5.41) is 0.434. The fraction of sp³-hybridized carbons (Fsp3) is 0.600. The van der Waals surface area contributed by atoms with Crippen molar-refractivity contribution in [2.24, 2.45) is 5.92 Å². The minimum absolute atomic E-state index is 0.434. The molecule has 0 heterocycles. The molecular weight excluding hydrogens is 248 g/mol. The Balaban J connectivity index is 1.70. The van der Waals surface area contributed by atoms with Gasteiger partial charge in [-0.3, -0.25) is 0 Å². The topological polar surface area (TPSA) is 0 Å². The van der Waals surface area contributed by atoms with Crippen molar-refractivity contribution >= 4 is 23.4 Å². The van der Waals surface area contributed by atoms with Gasteiger partial charge in [0.1, 0.15) is 0 Å². The van der Waals surface area contributed by atoms with Gasteiger partial charge in [-0.05, 0) is 43.1 Å². The summed E-state index contributed by atoms with van der Waals surface area (Å²) < 4.78 is 0. The minimum Gasteiger partial charge on any atom is -0.126 e. The highest BCUT2D eigenvalue weighted by atomic mass is 35.5. The molecule has 0 radical (unpaired) electrons. The van der Waals surface area contributed by atoms with Gasteiger partial charge in [0.25, 0.3) is 0 Å². The van der Waals surface area contributed by atoms with Crippen molar-refractivity contribution in [2.45, 2.75) is 48.8 Å². The maximum Gasteiger partial charge on any atom is 0.0338 e. The van der Waals surface area contributed by atoms with Gasteiger partial charge in [0, 0.05) is 10.3 Å². The average molecular weight is 269 g/mol. The Morgan fingerprint density at radius 3 is 2.71 bits per heavy atom. The first-order valence-corrected chi connectivity index (χ1v) is 8.08. The largest absolute Gasteiger partial charge is 0.126 e. The van der Waals surface area contributed by atoms with E-state index in [-0.39, 0.29) is 0 Å². The fourth-order valence-electron chi connectivity index (χ4n) is 2.52. The highest BCUT2D eigenvalue weighted by Crippen LogP contribution is 2.30. The summed E-state index contributed by atoms with van der Waals surface area (Å²) in [5.41, 5.74) is 0. The van der Waals surface area contributed by atoms with Crippen LogP contribution in [0, 0.1) is 5.92 Å². The fourth-order valence-corrected chi connectivity index (χ4v) is 3.96. The van der Waals surface area contributed by atoms with Crippen LogP contribution in [-0.2, 0) is 0 Å². The van der Waals surface area contributed by atoms with Crippen LogP contribution in [0.5, 0.6) is 0 Å². The summed E-state index contributed by atoms with van der Waals surface area (Å²) in [5.74, 6) is 2.09. The average Bonchev–Trinajstić information content (AvgIpc) is 2.55. The molecule has 1 aromatic carbocycles. The quantitative estimate of drug-likeness (QED) is 0.403. The third-order valence-corrected chi connectivity index (χ3v) is 4.95. The van der Waals surface area contributed by atoms with Crippen molar-refractivity contribution in [2.75, 3.05) is 5.75 Å². The van der Waals surface area contributed by atoms with Gasteiger partial charge >= 0.3 is 0 Å². The van der Waals surface area contributed by atoms with E-state index in [4.69, 9.17) is 11.6 Å². The van der Waals surface area contributed by atoms with Crippen molar-refractivity contribution in [3.8, 4) is 0 Å². The summed E-state index contributed by atoms with van der Waals surface area (Å²) in [7, 11) is 0. The van der Waals surface area contributed by atoms with Gasteiger partial charge in [-0.1, -0.05) is 37.5 Å². The summed E-state index contributed by atoms with van der Waals surface area (Å²) in [4.78, 5) is 1.39. The molecule has 0 nitrogen and oxygen atoms in total. The highest BCUT2D eigenvalue weighted by molar-refractivity contribution is 7.99. The summed E-state index contributed by atoms with van der Waals surface area (Å²) in [6.45, 7) is 0. The Morgan fingerprint density at radius 1 is 1.12 bits per heavy atom. The molecule has 0 spiro atoms. The Bertz CT molecular complexity index is 312. The number of thioether (sulfide) groups is 1. The second kappa shape index (κ2) is 7.33. The molecule has 0 bridgehead atoms. The van der Waals surface area contributed by atoms with Crippen molar-refractivity contribution < 1.29 is 0 Å². The SMILES string of the molecule is ClC1CCCCC(CCSc2ccccc2)C1. The molecule has 2 rings (SSSR count). The number of alkyl halides is 1. The zero-order valence-electron chi connectivity index (χ0n) is 10.3. The van der Waals surface area contributed by atoms with Gasteiger partial charge in [-0.15, -0.1) is 23.4 Å². The van der Waals surface area contributed by atoms with E-state index < -0.39 is 0 Å². The van der Waals surface area contributed by atoms with Crippen LogP contribution in [0.2, 0.25) is 0 Å². The second-order valence-electron chi connectivity index (χ2n) is 4.93. The maximum absolute atomic E-state index is 6.30. The van der Waals surface area contributed by atoms with Gasteiger partial charge in [0.05, 0.1) is 0 Å². The smallest absolute Gasteiger partial charge is 0.0338 e. The van der Waals surface area contributed by atoms with E-state index in [2.05, 4.69) is 30.3 Å². The molecule has 1 aliphatic carbocycles. The summed E-state index contributed by atoms with van der Waals surface area (Å²) >= 11 is 8.28. The third-order valence-electron chi connectivity index (χ3n) is 3.51. The number of hydrogen-bond donors (Lipinski definition) is 0. The minimum atomic E-state index is 0.434. The van der Waals surface area contributed by atoms with E-state index in [9.17, 15) is 0 Å². The first kappa shape index (κ1) is 13.3. The third kappa shape index (κ3) is 4.93. The lowest BCUT2D eigenvalue weighted by molar-refractivity contribution is 0.452. The van der Waals surface area contributed by atoms with Gasteiger partial charge < -0.3 is 0 Å². The molecule has 17 heavy (non-hydrogen) atoms. The lowest BCUT2D eigenvalue weighted by Gasteiger charge is -2.15. The molecule has 0 N–H and O–H groups in total. The Kier molecular flexibility index (Phi) is 5.73. The van der Waals surface area contributed by atoms with Crippen molar-refractivity contribution in [1.29, 1.82) is 0 Å². The highest BCUT2D eigenvalue weighted by Gasteiger charge is 2.18. The van der Waals surface area contributed by atoms with Crippen LogP contribution >= 0.6 is 23.4 Å². The molecule has 0 amide bonds. The van der Waals surface area contributed by atoms with Crippen molar-refractivity contribution in [3.63, 3.8) is 0 Å². The monoisotopic (exact) mass is 268 g/mol. The van der Waals surface area contributed by atoms with E-state index in [0.29, 0.717) is 5.38 Å². The summed E-state index contributed by atoms with van der Waals surface area (Å²) in [6, 6.07) is 10.7. The standard InChI is InChI=1S/C15H21ClS/c16-14-7-5-4-6-13(12-14)10-11-17-15-8-2-1-3-9-15/h1-3,8-9,13-14H,4-7,10-12H2. The lowest BCUT2D eigenvalue weighted by Crippen LogP contribution is -2.06. The van der Waals surface area contributed by atoms with Crippen LogP contribution < -0.4 is 0 Å². The van der Waals surface area contributed by atoms with E-state index in [1.165, 1.54) is 49.2 Å². The van der Waals surface area contributed by atoms with E-state index >= 15 is 0 Å². The number of hydrogen-bond acceptors (Lipinski definition) is 1. The van der Waals surface area contributed by atoms with Crippen molar-refractivity contribution in [3.05, 3.63) is 30.3 Å². The first-order valence-electron chi connectivity index (χ1n) is 6.66. The summed E-state index contributed by atoms with van der Waals surface area (Å²) in [6.07, 6.45) is 7.88. The predicted octanol–water partition coefficient (Wildman–Crippen LogP) is 5.36. The lowest BCUT2D eigenvalue weighted by atomic mass is 9.98. The Labute approximate surface area is 114 Å². The molecule has 2 heteroatoms. The van der Waals surface area contributed by atoms with Gasteiger partial charge in [0.15, 0.2) is 0 Å². The number of benzene rings is 1. The molecule has 0 aromatic heterocycles.